The molecular formula is C33H30F2N4O7. The number of carbonyl (C=O) groups excluding carboxylic acids is 3. The fourth-order valence-corrected chi connectivity index (χ4v) is 4.89. The van der Waals surface area contributed by atoms with Crippen LogP contribution in [0.25, 0.3) is 10.9 Å². The Kier molecular flexibility index (Phi) is 8.17. The number of rotatable bonds is 12. The number of pyridine rings is 1. The number of esters is 1. The molecule has 0 bridgehead atoms. The summed E-state index contributed by atoms with van der Waals surface area (Å²) in [4.78, 5) is 41.9. The zero-order valence-electron chi connectivity index (χ0n) is 24.7. The number of hydrogen-bond donors (Lipinski definition) is 3. The number of fused-ring (bicyclic) bond motifs is 1. The number of nitrogens with zero attached hydrogens (tertiary/aromatic N) is 1. The third kappa shape index (κ3) is 6.40. The van der Waals surface area contributed by atoms with E-state index in [9.17, 15) is 18.8 Å². The number of carbonyl (C=O) groups is 3. The molecule has 238 valence electrons. The monoisotopic (exact) mass is 632 g/mol. The molecule has 2 saturated carbocycles. The van der Waals surface area contributed by atoms with Crippen molar-refractivity contribution in [1.29, 1.82) is 0 Å². The number of methoxy groups -OCH3 is 1. The first-order chi connectivity index (χ1) is 22.1. The van der Waals surface area contributed by atoms with Crippen molar-refractivity contribution in [1.82, 2.24) is 4.98 Å². The molecule has 3 aromatic carbocycles. The van der Waals surface area contributed by atoms with Crippen molar-refractivity contribution in [2.45, 2.75) is 31.3 Å². The van der Waals surface area contributed by atoms with Crippen molar-refractivity contribution in [3.8, 4) is 23.0 Å². The first-order valence-electron chi connectivity index (χ1n) is 14.5. The zero-order chi connectivity index (χ0) is 32.5. The van der Waals surface area contributed by atoms with E-state index in [0.29, 0.717) is 53.8 Å². The van der Waals surface area contributed by atoms with Crippen molar-refractivity contribution in [2.75, 3.05) is 30.9 Å². The molecule has 0 atom stereocenters. The van der Waals surface area contributed by atoms with Crippen LogP contribution in [0.1, 0.15) is 25.7 Å². The standard InChI is InChI=1S/C33H30F2N4O7/c1-43-27-15-22-24(16-28(27)44-18-32(9-10-32)46-29(40)17-36)37-13-8-25(22)45-26-7-6-21(14-23(26)35)39-31(42)33(11-12-33)30(41)38-20-4-2-19(34)3-5-20/h2-8,13-16H,9-12,17-18,36H2,1H3,(H,38,41)(H,39,42). The normalized spacial score (nSPS) is 15.4. The Balaban J connectivity index is 1.14. The number of amides is 2. The number of anilines is 2. The van der Waals surface area contributed by atoms with Gasteiger partial charge < -0.3 is 35.3 Å². The van der Waals surface area contributed by atoms with Gasteiger partial charge in [0.05, 0.1) is 19.2 Å². The lowest BCUT2D eigenvalue weighted by molar-refractivity contribution is -0.151. The van der Waals surface area contributed by atoms with Gasteiger partial charge in [-0.25, -0.2) is 8.78 Å². The Hall–Kier alpha value is -5.30. The van der Waals surface area contributed by atoms with E-state index in [2.05, 4.69) is 15.6 Å². The van der Waals surface area contributed by atoms with Gasteiger partial charge in [-0.15, -0.1) is 0 Å². The SMILES string of the molecule is COc1cc2c(Oc3ccc(NC(=O)C4(C(=O)Nc5ccc(F)cc5)CC4)cc3F)ccnc2cc1OCC1(OC(=O)CN)CC1. The molecule has 2 aliphatic rings. The molecule has 4 N–H and O–H groups in total. The van der Waals surface area contributed by atoms with Gasteiger partial charge in [-0.3, -0.25) is 19.4 Å². The summed E-state index contributed by atoms with van der Waals surface area (Å²) >= 11 is 0. The fourth-order valence-electron chi connectivity index (χ4n) is 4.89. The number of aromatic nitrogens is 1. The third-order valence-electron chi connectivity index (χ3n) is 7.91. The molecule has 46 heavy (non-hydrogen) atoms. The maximum Gasteiger partial charge on any atom is 0.320 e. The fraction of sp³-hybridized carbons (Fsp3) is 0.273. The maximum atomic E-state index is 15.2. The summed E-state index contributed by atoms with van der Waals surface area (Å²) in [5.74, 6) is -1.89. The molecule has 0 spiro atoms. The van der Waals surface area contributed by atoms with Crippen LogP contribution in [0.15, 0.2) is 66.9 Å². The van der Waals surface area contributed by atoms with Gasteiger partial charge in [-0.05, 0) is 74.2 Å². The van der Waals surface area contributed by atoms with Gasteiger partial charge in [0, 0.05) is 35.1 Å². The van der Waals surface area contributed by atoms with Crippen LogP contribution < -0.4 is 30.6 Å². The molecule has 0 radical (unpaired) electrons. The van der Waals surface area contributed by atoms with Crippen molar-refractivity contribution >= 4 is 40.1 Å². The van der Waals surface area contributed by atoms with Crippen LogP contribution >= 0.6 is 0 Å². The van der Waals surface area contributed by atoms with E-state index in [1.807, 2.05) is 0 Å². The second-order valence-corrected chi connectivity index (χ2v) is 11.2. The van der Waals surface area contributed by atoms with E-state index in [1.54, 1.807) is 18.2 Å². The van der Waals surface area contributed by atoms with Crippen LogP contribution in [0.5, 0.6) is 23.0 Å². The van der Waals surface area contributed by atoms with Crippen LogP contribution in [-0.4, -0.2) is 48.6 Å². The summed E-state index contributed by atoms with van der Waals surface area (Å²) in [6.07, 6.45) is 3.46. The highest BCUT2D eigenvalue weighted by Gasteiger charge is 2.56. The summed E-state index contributed by atoms with van der Waals surface area (Å²) in [6, 6.07) is 14.0. The molecule has 6 rings (SSSR count). The van der Waals surface area contributed by atoms with E-state index in [-0.39, 0.29) is 30.3 Å². The van der Waals surface area contributed by atoms with Gasteiger partial charge in [0.1, 0.15) is 29.2 Å². The average Bonchev–Trinajstić information content (AvgIpc) is 3.99. The summed E-state index contributed by atoms with van der Waals surface area (Å²) in [6.45, 7) is -0.101. The number of nitrogens with two attached hydrogens (primary N) is 1. The predicted molar refractivity (Wildman–Crippen MR) is 163 cm³/mol. The van der Waals surface area contributed by atoms with Gasteiger partial charge in [0.15, 0.2) is 23.1 Å². The van der Waals surface area contributed by atoms with E-state index in [0.717, 1.165) is 6.07 Å². The molecule has 2 aliphatic carbocycles. The molecule has 0 unspecified atom stereocenters. The quantitative estimate of drug-likeness (QED) is 0.143. The molecule has 1 aromatic heterocycles. The van der Waals surface area contributed by atoms with Crippen molar-refractivity contribution < 1.29 is 42.1 Å². The molecule has 2 amide bonds. The lowest BCUT2D eigenvalue weighted by Gasteiger charge is -2.19. The van der Waals surface area contributed by atoms with Gasteiger partial charge in [-0.2, -0.15) is 0 Å². The van der Waals surface area contributed by atoms with E-state index in [4.69, 9.17) is 24.7 Å². The van der Waals surface area contributed by atoms with E-state index in [1.165, 1.54) is 49.7 Å². The van der Waals surface area contributed by atoms with Gasteiger partial charge in [0.25, 0.3) is 0 Å². The minimum atomic E-state index is -1.30. The molecule has 4 aromatic rings. The van der Waals surface area contributed by atoms with Crippen LogP contribution in [0.4, 0.5) is 20.2 Å². The highest BCUT2D eigenvalue weighted by Crippen LogP contribution is 2.48. The Bertz CT molecular complexity index is 1830. The summed E-state index contributed by atoms with van der Waals surface area (Å²) in [7, 11) is 1.47. The zero-order valence-corrected chi connectivity index (χ0v) is 24.7. The molecule has 1 heterocycles. The molecule has 11 nitrogen and oxygen atoms in total. The summed E-state index contributed by atoms with van der Waals surface area (Å²) < 4.78 is 51.2. The topological polar surface area (TPSA) is 151 Å². The first kappa shape index (κ1) is 30.7. The lowest BCUT2D eigenvalue weighted by atomic mass is 10.0. The van der Waals surface area contributed by atoms with Crippen molar-refractivity contribution in [2.24, 2.45) is 11.1 Å². The third-order valence-corrected chi connectivity index (χ3v) is 7.91. The van der Waals surface area contributed by atoms with Crippen LogP contribution in [0, 0.1) is 17.0 Å². The largest absolute Gasteiger partial charge is 0.493 e. The number of hydrogen-bond acceptors (Lipinski definition) is 9. The second-order valence-electron chi connectivity index (χ2n) is 11.2. The number of halogens is 2. The second kappa shape index (κ2) is 12.2. The van der Waals surface area contributed by atoms with Gasteiger partial charge in [0.2, 0.25) is 11.8 Å². The smallest absolute Gasteiger partial charge is 0.320 e. The molecule has 2 fully saturated rings. The number of nitrogens with one attached hydrogen (secondary N) is 2. The van der Waals surface area contributed by atoms with E-state index < -0.39 is 40.4 Å². The van der Waals surface area contributed by atoms with Crippen LogP contribution in [0.3, 0.4) is 0 Å². The predicted octanol–water partition coefficient (Wildman–Crippen LogP) is 5.08. The molecule has 0 aliphatic heterocycles. The van der Waals surface area contributed by atoms with E-state index >= 15 is 4.39 Å². The Labute approximate surface area is 262 Å². The average molecular weight is 633 g/mol. The summed E-state index contributed by atoms with van der Waals surface area (Å²) in [5, 5.41) is 5.76. The molecule has 0 saturated heterocycles. The van der Waals surface area contributed by atoms with Crippen molar-refractivity contribution in [3.05, 3.63) is 78.5 Å². The van der Waals surface area contributed by atoms with Crippen molar-refractivity contribution in [3.63, 3.8) is 0 Å². The Morgan fingerprint density at radius 3 is 2.17 bits per heavy atom. The number of ether oxygens (including phenoxy) is 4. The Morgan fingerprint density at radius 2 is 1.54 bits per heavy atom. The van der Waals surface area contributed by atoms with Crippen LogP contribution in [-0.2, 0) is 19.1 Å². The molecular weight excluding hydrogens is 602 g/mol. The highest BCUT2D eigenvalue weighted by atomic mass is 19.1. The Morgan fingerprint density at radius 1 is 0.848 bits per heavy atom. The minimum absolute atomic E-state index is 0.114. The maximum absolute atomic E-state index is 15.2. The highest BCUT2D eigenvalue weighted by molar-refractivity contribution is 6.16. The number of benzene rings is 3. The lowest BCUT2D eigenvalue weighted by Crippen LogP contribution is -2.35. The summed E-state index contributed by atoms with van der Waals surface area (Å²) in [5.41, 5.74) is 4.33. The first-order valence-corrected chi connectivity index (χ1v) is 14.5. The molecule has 13 heteroatoms. The van der Waals surface area contributed by atoms with Crippen LogP contribution in [0.2, 0.25) is 0 Å². The minimum Gasteiger partial charge on any atom is -0.493 e. The van der Waals surface area contributed by atoms with Gasteiger partial charge >= 0.3 is 5.97 Å². The van der Waals surface area contributed by atoms with Gasteiger partial charge in [-0.1, -0.05) is 0 Å².